The Labute approximate surface area is 98.8 Å². The predicted molar refractivity (Wildman–Crippen MR) is 64.0 cm³/mol. The maximum atomic E-state index is 12.8. The lowest BCUT2D eigenvalue weighted by atomic mass is 9.99. The van der Waals surface area contributed by atoms with Gasteiger partial charge < -0.3 is 4.74 Å². The van der Waals surface area contributed by atoms with Crippen molar-refractivity contribution in [3.63, 3.8) is 0 Å². The van der Waals surface area contributed by atoms with E-state index in [2.05, 4.69) is 29.8 Å². The molecule has 0 N–H and O–H groups in total. The molecule has 0 aliphatic carbocycles. The minimum Gasteiger partial charge on any atom is -0.493 e. The molecule has 0 amide bonds. The molecular weight excluding hydrogens is 259 g/mol. The Hall–Kier alpha value is -0.570. The van der Waals surface area contributed by atoms with Crippen molar-refractivity contribution in [2.75, 3.05) is 11.9 Å². The maximum Gasteiger partial charge on any atom is 0.126 e. The molecule has 1 aromatic carbocycles. The van der Waals surface area contributed by atoms with Gasteiger partial charge in [0.2, 0.25) is 0 Å². The van der Waals surface area contributed by atoms with Crippen LogP contribution < -0.4 is 4.74 Å². The normalized spacial score (nSPS) is 12.9. The number of ether oxygens (including phenoxy) is 1. The van der Waals surface area contributed by atoms with Crippen LogP contribution in [0.4, 0.5) is 4.39 Å². The Morgan fingerprint density at radius 3 is 2.67 bits per heavy atom. The van der Waals surface area contributed by atoms with Crippen LogP contribution >= 0.6 is 15.9 Å². The standard InChI is InChI=1S/C12H16BrFO/c1-9(2)10(7-13)8-15-12-5-3-4-11(14)6-12/h3-6,9-10H,7-8H2,1-2H3. The van der Waals surface area contributed by atoms with Gasteiger partial charge >= 0.3 is 0 Å². The summed E-state index contributed by atoms with van der Waals surface area (Å²) >= 11 is 3.45. The fraction of sp³-hybridized carbons (Fsp3) is 0.500. The van der Waals surface area contributed by atoms with E-state index in [1.165, 1.54) is 12.1 Å². The molecule has 1 unspecified atom stereocenters. The molecule has 0 radical (unpaired) electrons. The lowest BCUT2D eigenvalue weighted by molar-refractivity contribution is 0.227. The van der Waals surface area contributed by atoms with E-state index in [1.807, 2.05) is 0 Å². The van der Waals surface area contributed by atoms with Crippen LogP contribution in [-0.4, -0.2) is 11.9 Å². The fourth-order valence-corrected chi connectivity index (χ4v) is 2.11. The summed E-state index contributed by atoms with van der Waals surface area (Å²) in [5.41, 5.74) is 0. The van der Waals surface area contributed by atoms with Crippen LogP contribution in [0.3, 0.4) is 0 Å². The van der Waals surface area contributed by atoms with Gasteiger partial charge in [-0.1, -0.05) is 35.8 Å². The van der Waals surface area contributed by atoms with Gasteiger partial charge in [-0.25, -0.2) is 4.39 Å². The first-order valence-electron chi connectivity index (χ1n) is 5.07. The van der Waals surface area contributed by atoms with E-state index in [1.54, 1.807) is 12.1 Å². The van der Waals surface area contributed by atoms with Crippen molar-refractivity contribution in [2.24, 2.45) is 11.8 Å². The zero-order chi connectivity index (χ0) is 11.3. The van der Waals surface area contributed by atoms with Gasteiger partial charge in [0.15, 0.2) is 0 Å². The second-order valence-corrected chi connectivity index (χ2v) is 4.57. The Balaban J connectivity index is 2.49. The Morgan fingerprint density at radius 1 is 1.40 bits per heavy atom. The van der Waals surface area contributed by atoms with Crippen LogP contribution in [-0.2, 0) is 0 Å². The highest BCUT2D eigenvalue weighted by atomic mass is 79.9. The molecule has 0 aliphatic rings. The first kappa shape index (κ1) is 12.5. The molecule has 15 heavy (non-hydrogen) atoms. The topological polar surface area (TPSA) is 9.23 Å². The summed E-state index contributed by atoms with van der Waals surface area (Å²) in [5, 5.41) is 0.903. The molecule has 0 spiro atoms. The molecular formula is C12H16BrFO. The second kappa shape index (κ2) is 6.11. The molecule has 84 valence electrons. The third kappa shape index (κ3) is 4.20. The summed E-state index contributed by atoms with van der Waals surface area (Å²) in [4.78, 5) is 0. The third-order valence-electron chi connectivity index (χ3n) is 2.40. The molecule has 0 saturated heterocycles. The van der Waals surface area contributed by atoms with Crippen LogP contribution in [0, 0.1) is 17.7 Å². The second-order valence-electron chi connectivity index (χ2n) is 3.93. The monoisotopic (exact) mass is 274 g/mol. The number of halogens is 2. The van der Waals surface area contributed by atoms with Gasteiger partial charge in [-0.05, 0) is 18.1 Å². The third-order valence-corrected chi connectivity index (χ3v) is 3.23. The van der Waals surface area contributed by atoms with Gasteiger partial charge in [0.25, 0.3) is 0 Å². The Morgan fingerprint density at radius 2 is 2.13 bits per heavy atom. The van der Waals surface area contributed by atoms with Gasteiger partial charge in [0, 0.05) is 17.3 Å². The first-order chi connectivity index (χ1) is 7.13. The summed E-state index contributed by atoms with van der Waals surface area (Å²) in [5.74, 6) is 1.35. The van der Waals surface area contributed by atoms with E-state index in [-0.39, 0.29) is 5.82 Å². The molecule has 0 aromatic heterocycles. The minimum absolute atomic E-state index is 0.257. The number of benzene rings is 1. The van der Waals surface area contributed by atoms with Crippen molar-refractivity contribution in [3.8, 4) is 5.75 Å². The lowest BCUT2D eigenvalue weighted by Gasteiger charge is -2.18. The molecule has 3 heteroatoms. The van der Waals surface area contributed by atoms with E-state index in [0.717, 1.165) is 5.33 Å². The lowest BCUT2D eigenvalue weighted by Crippen LogP contribution is -2.19. The van der Waals surface area contributed by atoms with Gasteiger partial charge in [0.1, 0.15) is 11.6 Å². The number of hydrogen-bond donors (Lipinski definition) is 0. The average Bonchev–Trinajstić information content (AvgIpc) is 2.18. The van der Waals surface area contributed by atoms with Crippen LogP contribution in [0.25, 0.3) is 0 Å². The molecule has 1 rings (SSSR count). The van der Waals surface area contributed by atoms with E-state index in [9.17, 15) is 4.39 Å². The molecule has 1 atom stereocenters. The zero-order valence-corrected chi connectivity index (χ0v) is 10.6. The highest BCUT2D eigenvalue weighted by Gasteiger charge is 2.12. The molecule has 0 saturated carbocycles. The minimum atomic E-state index is -0.257. The van der Waals surface area contributed by atoms with Crippen molar-refractivity contribution >= 4 is 15.9 Å². The molecule has 0 fully saturated rings. The molecule has 0 heterocycles. The van der Waals surface area contributed by atoms with Crippen molar-refractivity contribution in [1.82, 2.24) is 0 Å². The highest BCUT2D eigenvalue weighted by molar-refractivity contribution is 9.09. The van der Waals surface area contributed by atoms with E-state index < -0.39 is 0 Å². The van der Waals surface area contributed by atoms with E-state index >= 15 is 0 Å². The SMILES string of the molecule is CC(C)C(CBr)COc1cccc(F)c1. The highest BCUT2D eigenvalue weighted by Crippen LogP contribution is 2.17. The summed E-state index contributed by atoms with van der Waals surface area (Å²) < 4.78 is 18.4. The van der Waals surface area contributed by atoms with Gasteiger partial charge in [-0.15, -0.1) is 0 Å². The summed E-state index contributed by atoms with van der Waals surface area (Å²) in [7, 11) is 0. The smallest absolute Gasteiger partial charge is 0.126 e. The average molecular weight is 275 g/mol. The van der Waals surface area contributed by atoms with Crippen LogP contribution in [0.5, 0.6) is 5.75 Å². The van der Waals surface area contributed by atoms with Crippen molar-refractivity contribution in [1.29, 1.82) is 0 Å². The number of rotatable bonds is 5. The predicted octanol–water partition coefficient (Wildman–Crippen LogP) is 3.87. The first-order valence-corrected chi connectivity index (χ1v) is 6.20. The van der Waals surface area contributed by atoms with Crippen LogP contribution in [0.2, 0.25) is 0 Å². The van der Waals surface area contributed by atoms with E-state index in [4.69, 9.17) is 4.74 Å². The fourth-order valence-electron chi connectivity index (χ4n) is 1.18. The van der Waals surface area contributed by atoms with Crippen molar-refractivity contribution in [2.45, 2.75) is 13.8 Å². The van der Waals surface area contributed by atoms with Crippen LogP contribution in [0.1, 0.15) is 13.8 Å². The largest absolute Gasteiger partial charge is 0.493 e. The quantitative estimate of drug-likeness (QED) is 0.741. The number of alkyl halides is 1. The zero-order valence-electron chi connectivity index (χ0n) is 9.04. The molecule has 0 bridgehead atoms. The van der Waals surface area contributed by atoms with Crippen molar-refractivity contribution in [3.05, 3.63) is 30.1 Å². The molecule has 0 aliphatic heterocycles. The Kier molecular flexibility index (Phi) is 5.09. The van der Waals surface area contributed by atoms with E-state index in [0.29, 0.717) is 24.2 Å². The molecule has 1 nitrogen and oxygen atoms in total. The van der Waals surface area contributed by atoms with Crippen molar-refractivity contribution < 1.29 is 9.13 Å². The maximum absolute atomic E-state index is 12.8. The Bertz CT molecular complexity index is 301. The summed E-state index contributed by atoms with van der Waals surface area (Å²) in [6, 6.07) is 6.25. The van der Waals surface area contributed by atoms with Gasteiger partial charge in [-0.3, -0.25) is 0 Å². The summed E-state index contributed by atoms with van der Waals surface area (Å²) in [6.45, 7) is 4.92. The van der Waals surface area contributed by atoms with Gasteiger partial charge in [0.05, 0.1) is 6.61 Å². The number of hydrogen-bond acceptors (Lipinski definition) is 1. The van der Waals surface area contributed by atoms with Crippen LogP contribution in [0.15, 0.2) is 24.3 Å². The molecule has 1 aromatic rings. The van der Waals surface area contributed by atoms with Gasteiger partial charge in [-0.2, -0.15) is 0 Å². The summed E-state index contributed by atoms with van der Waals surface area (Å²) in [6.07, 6.45) is 0.